The van der Waals surface area contributed by atoms with Crippen LogP contribution in [0, 0.1) is 17.4 Å². The van der Waals surface area contributed by atoms with Gasteiger partial charge in [-0.2, -0.15) is 0 Å². The summed E-state index contributed by atoms with van der Waals surface area (Å²) in [6, 6.07) is 8.13. The fourth-order valence-electron chi connectivity index (χ4n) is 1.82. The molecule has 2 rings (SSSR count). The number of aromatic hydroxyl groups is 2. The molecular weight excluding hydrogens is 369 g/mol. The molecule has 0 saturated carbocycles. The first-order valence-electron chi connectivity index (χ1n) is 5.98. The molecule has 1 amide bonds. The molecule has 3 N–H and O–H groups in total. The Morgan fingerprint density at radius 1 is 1.05 bits per heavy atom. The van der Waals surface area contributed by atoms with Crippen molar-refractivity contribution in [2.45, 2.75) is 13.8 Å². The number of amides is 1. The summed E-state index contributed by atoms with van der Waals surface area (Å²) in [4.78, 5) is 12.2. The summed E-state index contributed by atoms with van der Waals surface area (Å²) in [5.41, 5.74) is 2.27. The number of rotatable bonds is 2. The molecule has 2 aromatic rings. The molecule has 5 heteroatoms. The predicted octanol–water partition coefficient (Wildman–Crippen LogP) is 3.57. The summed E-state index contributed by atoms with van der Waals surface area (Å²) in [6.45, 7) is 3.55. The van der Waals surface area contributed by atoms with Crippen LogP contribution in [0.1, 0.15) is 21.5 Å². The Bertz CT molecular complexity index is 683. The maximum Gasteiger partial charge on any atom is 0.259 e. The van der Waals surface area contributed by atoms with Gasteiger partial charge in [-0.3, -0.25) is 4.79 Å². The molecule has 0 spiro atoms. The molecule has 0 heterocycles. The topological polar surface area (TPSA) is 69.6 Å². The van der Waals surface area contributed by atoms with E-state index in [0.29, 0.717) is 11.3 Å². The van der Waals surface area contributed by atoms with E-state index in [4.69, 9.17) is 0 Å². The third-order valence-electron chi connectivity index (χ3n) is 2.99. The van der Waals surface area contributed by atoms with E-state index in [-0.39, 0.29) is 23.0 Å². The molecule has 0 radical (unpaired) electrons. The van der Waals surface area contributed by atoms with Gasteiger partial charge in [0.2, 0.25) is 0 Å². The van der Waals surface area contributed by atoms with Crippen molar-refractivity contribution in [2.24, 2.45) is 0 Å². The lowest BCUT2D eigenvalue weighted by atomic mass is 10.1. The fraction of sp³-hybridized carbons (Fsp3) is 0.133. The number of anilines is 1. The Labute approximate surface area is 130 Å². The van der Waals surface area contributed by atoms with Gasteiger partial charge in [0.25, 0.3) is 5.91 Å². The van der Waals surface area contributed by atoms with Gasteiger partial charge in [0, 0.05) is 9.26 Å². The van der Waals surface area contributed by atoms with Crippen LogP contribution in [0.4, 0.5) is 5.69 Å². The van der Waals surface area contributed by atoms with Crippen molar-refractivity contribution < 1.29 is 15.0 Å². The van der Waals surface area contributed by atoms with Gasteiger partial charge >= 0.3 is 0 Å². The summed E-state index contributed by atoms with van der Waals surface area (Å²) < 4.78 is 0.865. The molecule has 104 valence electrons. The molecule has 0 saturated heterocycles. The van der Waals surface area contributed by atoms with Gasteiger partial charge in [0.1, 0.15) is 11.5 Å². The molecule has 0 aliphatic heterocycles. The Balaban J connectivity index is 2.32. The van der Waals surface area contributed by atoms with Gasteiger partial charge in [-0.25, -0.2) is 0 Å². The van der Waals surface area contributed by atoms with Crippen molar-refractivity contribution in [2.75, 3.05) is 5.32 Å². The number of phenols is 2. The summed E-state index contributed by atoms with van der Waals surface area (Å²) in [7, 11) is 0. The maximum atomic E-state index is 12.2. The number of phenolic OH excluding ortho intramolecular Hbond substituents is 2. The van der Waals surface area contributed by atoms with Crippen LogP contribution in [-0.4, -0.2) is 16.1 Å². The van der Waals surface area contributed by atoms with Gasteiger partial charge in [-0.15, -0.1) is 0 Å². The van der Waals surface area contributed by atoms with Crippen LogP contribution in [0.25, 0.3) is 0 Å². The summed E-state index contributed by atoms with van der Waals surface area (Å²) in [6.07, 6.45) is 0. The second-order valence-electron chi connectivity index (χ2n) is 4.57. The highest BCUT2D eigenvalue weighted by atomic mass is 127. The van der Waals surface area contributed by atoms with Crippen LogP contribution in [0.2, 0.25) is 0 Å². The molecule has 0 fully saturated rings. The Hall–Kier alpha value is -1.76. The number of benzene rings is 2. The third kappa shape index (κ3) is 3.04. The van der Waals surface area contributed by atoms with E-state index in [9.17, 15) is 15.0 Å². The maximum absolute atomic E-state index is 12.2. The van der Waals surface area contributed by atoms with E-state index in [1.807, 2.05) is 0 Å². The van der Waals surface area contributed by atoms with Crippen molar-refractivity contribution in [1.29, 1.82) is 0 Å². The second kappa shape index (κ2) is 5.70. The number of halogens is 1. The predicted molar refractivity (Wildman–Crippen MR) is 86.4 cm³/mol. The van der Waals surface area contributed by atoms with E-state index in [2.05, 4.69) is 27.9 Å². The van der Waals surface area contributed by atoms with Crippen LogP contribution in [0.3, 0.4) is 0 Å². The molecule has 0 atom stereocenters. The average molecular weight is 383 g/mol. The quantitative estimate of drug-likeness (QED) is 0.549. The summed E-state index contributed by atoms with van der Waals surface area (Å²) in [5.74, 6) is -0.247. The van der Waals surface area contributed by atoms with E-state index in [1.54, 1.807) is 38.1 Å². The molecule has 0 aliphatic carbocycles. The first-order valence-corrected chi connectivity index (χ1v) is 7.06. The van der Waals surface area contributed by atoms with Crippen molar-refractivity contribution in [3.63, 3.8) is 0 Å². The molecule has 4 nitrogen and oxygen atoms in total. The number of carbonyl (C=O) groups excluding carboxylic acids is 1. The van der Waals surface area contributed by atoms with Gasteiger partial charge in [-0.1, -0.05) is 0 Å². The molecule has 20 heavy (non-hydrogen) atoms. The van der Waals surface area contributed by atoms with E-state index in [1.165, 1.54) is 6.07 Å². The molecule has 0 unspecified atom stereocenters. The van der Waals surface area contributed by atoms with E-state index >= 15 is 0 Å². The van der Waals surface area contributed by atoms with E-state index in [0.717, 1.165) is 9.13 Å². The Morgan fingerprint density at radius 2 is 1.75 bits per heavy atom. The summed E-state index contributed by atoms with van der Waals surface area (Å²) in [5, 5.41) is 22.1. The van der Waals surface area contributed by atoms with Crippen LogP contribution < -0.4 is 5.32 Å². The summed E-state index contributed by atoms with van der Waals surface area (Å²) >= 11 is 2.08. The Morgan fingerprint density at radius 3 is 2.45 bits per heavy atom. The van der Waals surface area contributed by atoms with Gasteiger partial charge in [0.15, 0.2) is 0 Å². The fourth-order valence-corrected chi connectivity index (χ4v) is 2.31. The third-order valence-corrected chi connectivity index (χ3v) is 3.67. The first-order chi connectivity index (χ1) is 9.38. The highest BCUT2D eigenvalue weighted by Crippen LogP contribution is 2.26. The zero-order chi connectivity index (χ0) is 14.9. The minimum atomic E-state index is -0.380. The number of nitrogens with one attached hydrogen (secondary N) is 1. The monoisotopic (exact) mass is 383 g/mol. The molecule has 0 bridgehead atoms. The van der Waals surface area contributed by atoms with Crippen LogP contribution in [0.5, 0.6) is 11.5 Å². The smallest absolute Gasteiger partial charge is 0.259 e. The highest BCUT2D eigenvalue weighted by Gasteiger charge is 2.13. The van der Waals surface area contributed by atoms with Crippen molar-refractivity contribution in [1.82, 2.24) is 0 Å². The van der Waals surface area contributed by atoms with Gasteiger partial charge in [-0.05, 0) is 77.9 Å². The lowest BCUT2D eigenvalue weighted by molar-refractivity contribution is 0.102. The lowest BCUT2D eigenvalue weighted by Crippen LogP contribution is -2.13. The first kappa shape index (κ1) is 14.6. The number of hydrogen-bond acceptors (Lipinski definition) is 3. The van der Waals surface area contributed by atoms with Crippen molar-refractivity contribution >= 4 is 34.2 Å². The average Bonchev–Trinajstić information content (AvgIpc) is 2.38. The molecule has 0 aliphatic rings. The van der Waals surface area contributed by atoms with Crippen LogP contribution in [0.15, 0.2) is 30.3 Å². The van der Waals surface area contributed by atoms with Gasteiger partial charge in [0.05, 0.1) is 5.56 Å². The minimum absolute atomic E-state index is 0.0592. The lowest BCUT2D eigenvalue weighted by Gasteiger charge is -2.11. The molecular formula is C15H14INO3. The van der Waals surface area contributed by atoms with Crippen molar-refractivity contribution in [3.05, 3.63) is 50.6 Å². The highest BCUT2D eigenvalue weighted by molar-refractivity contribution is 14.1. The Kier molecular flexibility index (Phi) is 4.17. The standard InChI is InChI=1S/C15H14INO3/c1-8-6-14(19)9(2)5-12(8)17-15(20)11-7-10(16)3-4-13(11)18/h3-7,18-19H,1-2H3,(H,17,20). The van der Waals surface area contributed by atoms with Crippen molar-refractivity contribution in [3.8, 4) is 11.5 Å². The normalized spacial score (nSPS) is 10.3. The molecule has 2 aromatic carbocycles. The van der Waals surface area contributed by atoms with Gasteiger partial charge < -0.3 is 15.5 Å². The van der Waals surface area contributed by atoms with Crippen LogP contribution in [-0.2, 0) is 0 Å². The van der Waals surface area contributed by atoms with E-state index < -0.39 is 0 Å². The SMILES string of the molecule is Cc1cc(NC(=O)c2cc(I)ccc2O)c(C)cc1O. The zero-order valence-electron chi connectivity index (χ0n) is 11.1. The minimum Gasteiger partial charge on any atom is -0.508 e. The number of hydrogen-bond donors (Lipinski definition) is 3. The second-order valence-corrected chi connectivity index (χ2v) is 5.81. The number of carbonyl (C=O) groups is 1. The largest absolute Gasteiger partial charge is 0.508 e. The zero-order valence-corrected chi connectivity index (χ0v) is 13.2. The van der Waals surface area contributed by atoms with Crippen LogP contribution >= 0.6 is 22.6 Å². The number of aryl methyl sites for hydroxylation is 2. The molecule has 0 aromatic heterocycles.